The van der Waals surface area contributed by atoms with E-state index in [0.29, 0.717) is 24.4 Å². The third-order valence-corrected chi connectivity index (χ3v) is 5.38. The molecule has 2 amide bonds. The molecule has 0 fully saturated rings. The lowest BCUT2D eigenvalue weighted by Gasteiger charge is -2.22. The molecule has 1 atom stereocenters. The first-order valence-electron chi connectivity index (χ1n) is 10.6. The Kier molecular flexibility index (Phi) is 6.64. The summed E-state index contributed by atoms with van der Waals surface area (Å²) >= 11 is 0. The van der Waals surface area contributed by atoms with Crippen molar-refractivity contribution in [3.63, 3.8) is 0 Å². The molecule has 1 unspecified atom stereocenters. The lowest BCUT2D eigenvalue weighted by Crippen LogP contribution is -2.39. The summed E-state index contributed by atoms with van der Waals surface area (Å²) in [5.41, 5.74) is 1.04. The Labute approximate surface area is 191 Å². The van der Waals surface area contributed by atoms with Crippen molar-refractivity contribution in [3.8, 4) is 0 Å². The Morgan fingerprint density at radius 2 is 1.85 bits per heavy atom. The molecular weight excluding hydrogens is 420 g/mol. The molecule has 0 saturated carbocycles. The number of nitrogens with zero attached hydrogens (tertiary/aromatic N) is 3. The van der Waals surface area contributed by atoms with Crippen LogP contribution in [0, 0.1) is 0 Å². The van der Waals surface area contributed by atoms with Gasteiger partial charge in [-0.2, -0.15) is 0 Å². The van der Waals surface area contributed by atoms with Crippen LogP contribution in [0.1, 0.15) is 23.9 Å². The molecule has 0 bridgehead atoms. The number of aryl methyl sites for hydroxylation is 1. The quantitative estimate of drug-likeness (QED) is 0.561. The number of benzene rings is 2. The van der Waals surface area contributed by atoms with Crippen LogP contribution in [0.5, 0.6) is 0 Å². The molecule has 0 aliphatic carbocycles. The highest BCUT2D eigenvalue weighted by Gasteiger charge is 2.33. The molecule has 1 aromatic heterocycles. The molecule has 2 aromatic carbocycles. The van der Waals surface area contributed by atoms with Crippen molar-refractivity contribution in [3.05, 3.63) is 101 Å². The number of anilines is 2. The van der Waals surface area contributed by atoms with Crippen LogP contribution in [0.25, 0.3) is 0 Å². The molecule has 0 radical (unpaired) electrons. The first-order valence-corrected chi connectivity index (χ1v) is 10.6. The maximum Gasteiger partial charge on any atom is 0.415 e. The van der Waals surface area contributed by atoms with Crippen LogP contribution in [0.15, 0.2) is 84.3 Å². The van der Waals surface area contributed by atoms with Gasteiger partial charge in [0.1, 0.15) is 24.2 Å². The van der Waals surface area contributed by atoms with Gasteiger partial charge in [-0.3, -0.25) is 19.1 Å². The number of aromatic nitrogens is 2. The molecular formula is C25H24N4O4. The number of hydrogen-bond donors (Lipinski definition) is 1. The van der Waals surface area contributed by atoms with Gasteiger partial charge < -0.3 is 10.1 Å². The topological polar surface area (TPSA) is 93.5 Å². The van der Waals surface area contributed by atoms with Crippen LogP contribution in [0.3, 0.4) is 0 Å². The molecule has 0 saturated heterocycles. The van der Waals surface area contributed by atoms with Crippen molar-refractivity contribution in [2.75, 3.05) is 16.8 Å². The minimum atomic E-state index is -0.717. The van der Waals surface area contributed by atoms with Crippen LogP contribution in [0.4, 0.5) is 16.2 Å². The first kappa shape index (κ1) is 22.0. The summed E-state index contributed by atoms with van der Waals surface area (Å²) in [7, 11) is 0. The van der Waals surface area contributed by atoms with Crippen LogP contribution in [-0.4, -0.2) is 28.1 Å². The summed E-state index contributed by atoms with van der Waals surface area (Å²) in [6.45, 7) is 3.80. The van der Waals surface area contributed by atoms with Gasteiger partial charge in [0.25, 0.3) is 5.56 Å². The summed E-state index contributed by atoms with van der Waals surface area (Å²) in [5.74, 6) is 0.205. The van der Waals surface area contributed by atoms with Gasteiger partial charge in [0.2, 0.25) is 5.91 Å². The minimum absolute atomic E-state index is 0.0381. The van der Waals surface area contributed by atoms with Crippen LogP contribution < -0.4 is 15.8 Å². The minimum Gasteiger partial charge on any atom is -0.444 e. The van der Waals surface area contributed by atoms with Crippen molar-refractivity contribution in [2.45, 2.75) is 25.5 Å². The predicted molar refractivity (Wildman–Crippen MR) is 125 cm³/mol. The zero-order valence-electron chi connectivity index (χ0n) is 18.0. The van der Waals surface area contributed by atoms with Crippen molar-refractivity contribution < 1.29 is 14.3 Å². The van der Waals surface area contributed by atoms with Crippen molar-refractivity contribution in [1.82, 2.24) is 9.55 Å². The highest BCUT2D eigenvalue weighted by atomic mass is 16.6. The van der Waals surface area contributed by atoms with Crippen molar-refractivity contribution >= 4 is 23.4 Å². The fraction of sp³-hybridized carbons (Fsp3) is 0.200. The van der Waals surface area contributed by atoms with Gasteiger partial charge in [0.05, 0.1) is 6.20 Å². The molecule has 8 nitrogen and oxygen atoms in total. The Hall–Kier alpha value is -4.20. The molecule has 1 aliphatic heterocycles. The van der Waals surface area contributed by atoms with Crippen LogP contribution in [-0.2, 0) is 22.6 Å². The van der Waals surface area contributed by atoms with Gasteiger partial charge in [0.15, 0.2) is 0 Å². The van der Waals surface area contributed by atoms with E-state index in [-0.39, 0.29) is 24.7 Å². The van der Waals surface area contributed by atoms with Crippen molar-refractivity contribution in [1.29, 1.82) is 0 Å². The molecule has 2 heterocycles. The van der Waals surface area contributed by atoms with E-state index in [9.17, 15) is 14.4 Å². The molecule has 0 spiro atoms. The SMILES string of the molecule is C=CCN(C(=O)OCc1ccccc1)c1cnc2n(c1=O)C(C(=O)Nc1ccccc1)CC2. The average molecular weight is 444 g/mol. The van der Waals surface area contributed by atoms with E-state index in [1.54, 1.807) is 12.1 Å². The summed E-state index contributed by atoms with van der Waals surface area (Å²) in [5, 5.41) is 2.84. The second-order valence-electron chi connectivity index (χ2n) is 7.58. The number of fused-ring (bicyclic) bond motifs is 1. The third-order valence-electron chi connectivity index (χ3n) is 5.38. The zero-order valence-corrected chi connectivity index (χ0v) is 18.0. The number of rotatable bonds is 7. The average Bonchev–Trinajstić information content (AvgIpc) is 3.28. The number of nitrogens with one attached hydrogen (secondary N) is 1. The number of carbonyl (C=O) groups excluding carboxylic acids is 2. The van der Waals surface area contributed by atoms with E-state index in [1.165, 1.54) is 21.7 Å². The van der Waals surface area contributed by atoms with E-state index in [0.717, 1.165) is 5.56 Å². The highest BCUT2D eigenvalue weighted by molar-refractivity contribution is 5.94. The standard InChI is InChI=1S/C25H24N4O4/c1-2-15-28(25(32)33-17-18-9-5-3-6-10-18)21-16-26-22-14-13-20(29(22)24(21)31)23(30)27-19-11-7-4-8-12-19/h2-12,16,20H,1,13-15,17H2,(H,27,30). The number of ether oxygens (including phenoxy) is 1. The fourth-order valence-corrected chi connectivity index (χ4v) is 3.77. The maximum atomic E-state index is 13.4. The highest BCUT2D eigenvalue weighted by Crippen LogP contribution is 2.25. The van der Waals surface area contributed by atoms with Crippen LogP contribution in [0.2, 0.25) is 0 Å². The molecule has 1 N–H and O–H groups in total. The number of hydrogen-bond acceptors (Lipinski definition) is 5. The van der Waals surface area contributed by atoms with E-state index >= 15 is 0 Å². The van der Waals surface area contributed by atoms with Gasteiger partial charge >= 0.3 is 6.09 Å². The number of para-hydroxylation sites is 1. The summed E-state index contributed by atoms with van der Waals surface area (Å²) in [6, 6.07) is 17.6. The maximum absolute atomic E-state index is 13.4. The van der Waals surface area contributed by atoms with Crippen molar-refractivity contribution in [2.24, 2.45) is 0 Å². The second kappa shape index (κ2) is 9.95. The third kappa shape index (κ3) is 4.85. The predicted octanol–water partition coefficient (Wildman–Crippen LogP) is 3.70. The fourth-order valence-electron chi connectivity index (χ4n) is 3.77. The van der Waals surface area contributed by atoms with E-state index in [1.807, 2.05) is 48.5 Å². The molecule has 168 valence electrons. The van der Waals surface area contributed by atoms with E-state index in [4.69, 9.17) is 4.74 Å². The molecule has 1 aliphatic rings. The lowest BCUT2D eigenvalue weighted by atomic mass is 10.2. The van der Waals surface area contributed by atoms with Gasteiger partial charge in [0, 0.05) is 18.7 Å². The Morgan fingerprint density at radius 1 is 1.15 bits per heavy atom. The smallest absolute Gasteiger partial charge is 0.415 e. The summed E-state index contributed by atoms with van der Waals surface area (Å²) in [6.07, 6.45) is 3.10. The summed E-state index contributed by atoms with van der Waals surface area (Å²) in [4.78, 5) is 44.7. The molecule has 4 rings (SSSR count). The monoisotopic (exact) mass is 444 g/mol. The molecule has 3 aromatic rings. The van der Waals surface area contributed by atoms with E-state index in [2.05, 4.69) is 16.9 Å². The number of amides is 2. The number of carbonyl (C=O) groups is 2. The molecule has 8 heteroatoms. The molecule has 33 heavy (non-hydrogen) atoms. The normalized spacial score (nSPS) is 14.2. The lowest BCUT2D eigenvalue weighted by molar-refractivity contribution is -0.119. The van der Waals surface area contributed by atoms with Gasteiger partial charge in [-0.1, -0.05) is 54.6 Å². The Balaban J connectivity index is 1.58. The largest absolute Gasteiger partial charge is 0.444 e. The zero-order chi connectivity index (χ0) is 23.2. The first-order chi connectivity index (χ1) is 16.1. The Morgan fingerprint density at radius 3 is 2.55 bits per heavy atom. The Bertz CT molecular complexity index is 1210. The van der Waals surface area contributed by atoms with Crippen LogP contribution >= 0.6 is 0 Å². The van der Waals surface area contributed by atoms with E-state index < -0.39 is 17.7 Å². The van der Waals surface area contributed by atoms with Gasteiger partial charge in [-0.25, -0.2) is 9.78 Å². The van der Waals surface area contributed by atoms with Gasteiger partial charge in [-0.15, -0.1) is 6.58 Å². The second-order valence-corrected chi connectivity index (χ2v) is 7.58. The van der Waals surface area contributed by atoms with Gasteiger partial charge in [-0.05, 0) is 24.1 Å². The summed E-state index contributed by atoms with van der Waals surface area (Å²) < 4.78 is 6.78.